The fraction of sp³-hybridized carbons (Fsp3) is 1.00. The van der Waals surface area contributed by atoms with E-state index in [0.29, 0.717) is 6.04 Å². The summed E-state index contributed by atoms with van der Waals surface area (Å²) >= 11 is 0. The van der Waals surface area contributed by atoms with Crippen LogP contribution in [0.2, 0.25) is 0 Å². The van der Waals surface area contributed by atoms with Crippen LogP contribution in [0, 0.1) is 0 Å². The maximum atomic E-state index is 5.65. The van der Waals surface area contributed by atoms with Gasteiger partial charge >= 0.3 is 0 Å². The average Bonchev–Trinajstić information content (AvgIpc) is 2.03. The van der Waals surface area contributed by atoms with Crippen molar-refractivity contribution in [1.29, 1.82) is 0 Å². The Morgan fingerprint density at radius 3 is 2.42 bits per heavy atom. The van der Waals surface area contributed by atoms with Gasteiger partial charge in [-0.15, -0.1) is 0 Å². The van der Waals surface area contributed by atoms with Gasteiger partial charge in [0.2, 0.25) is 0 Å². The molecule has 12 heavy (non-hydrogen) atoms. The van der Waals surface area contributed by atoms with Crippen molar-refractivity contribution in [1.82, 2.24) is 4.90 Å². The minimum absolute atomic E-state index is 0.0104. The fourth-order valence-electron chi connectivity index (χ4n) is 1.79. The number of rotatable bonds is 2. The third-order valence-electron chi connectivity index (χ3n) is 2.53. The lowest BCUT2D eigenvalue weighted by Crippen LogP contribution is -2.45. The minimum atomic E-state index is 0.0104. The molecule has 0 N–H and O–H groups in total. The molecule has 0 amide bonds. The summed E-state index contributed by atoms with van der Waals surface area (Å²) in [6.45, 7) is 2.11. The Bertz CT molecular complexity index is 138. The molecule has 1 aliphatic rings. The zero-order valence-corrected chi connectivity index (χ0v) is 8.41. The standard InChI is InChI=1S/C9H19NO2/c1-7-8(10(2)3)5-6-9(11-4)12-7/h7-9H,5-6H2,1-4H3/t7-,8-,9-/m0/s1. The van der Waals surface area contributed by atoms with Crippen molar-refractivity contribution in [3.05, 3.63) is 0 Å². The molecule has 3 nitrogen and oxygen atoms in total. The Labute approximate surface area is 74.6 Å². The molecule has 3 atom stereocenters. The molecular weight excluding hydrogens is 154 g/mol. The Morgan fingerprint density at radius 1 is 1.33 bits per heavy atom. The molecule has 0 bridgehead atoms. The van der Waals surface area contributed by atoms with Gasteiger partial charge in [0.1, 0.15) is 0 Å². The monoisotopic (exact) mass is 173 g/mol. The smallest absolute Gasteiger partial charge is 0.157 e. The van der Waals surface area contributed by atoms with Crippen LogP contribution in [-0.2, 0) is 9.47 Å². The number of likely N-dealkylation sites (N-methyl/N-ethyl adjacent to an activating group) is 1. The van der Waals surface area contributed by atoms with Gasteiger partial charge in [-0.1, -0.05) is 0 Å². The molecule has 1 heterocycles. The minimum Gasteiger partial charge on any atom is -0.356 e. The third kappa shape index (κ3) is 2.19. The first-order valence-corrected chi connectivity index (χ1v) is 4.50. The summed E-state index contributed by atoms with van der Waals surface area (Å²) in [5.41, 5.74) is 0. The maximum absolute atomic E-state index is 5.65. The lowest BCUT2D eigenvalue weighted by molar-refractivity contribution is -0.192. The van der Waals surface area contributed by atoms with Gasteiger partial charge in [-0.25, -0.2) is 0 Å². The van der Waals surface area contributed by atoms with Crippen molar-refractivity contribution in [2.24, 2.45) is 0 Å². The predicted molar refractivity (Wildman–Crippen MR) is 48.1 cm³/mol. The van der Waals surface area contributed by atoms with E-state index >= 15 is 0 Å². The van der Waals surface area contributed by atoms with E-state index in [9.17, 15) is 0 Å². The van der Waals surface area contributed by atoms with Crippen molar-refractivity contribution < 1.29 is 9.47 Å². The average molecular weight is 173 g/mol. The van der Waals surface area contributed by atoms with Gasteiger partial charge in [0.05, 0.1) is 6.10 Å². The van der Waals surface area contributed by atoms with Crippen LogP contribution >= 0.6 is 0 Å². The van der Waals surface area contributed by atoms with Crippen LogP contribution < -0.4 is 0 Å². The summed E-state index contributed by atoms with van der Waals surface area (Å²) in [5.74, 6) is 0. The highest BCUT2D eigenvalue weighted by molar-refractivity contribution is 4.78. The summed E-state index contributed by atoms with van der Waals surface area (Å²) in [4.78, 5) is 2.22. The highest BCUT2D eigenvalue weighted by atomic mass is 16.7. The first-order chi connectivity index (χ1) is 5.65. The van der Waals surface area contributed by atoms with Crippen molar-refractivity contribution in [3.8, 4) is 0 Å². The van der Waals surface area contributed by atoms with Crippen LogP contribution in [0.1, 0.15) is 19.8 Å². The van der Waals surface area contributed by atoms with Crippen molar-refractivity contribution in [2.45, 2.75) is 38.2 Å². The van der Waals surface area contributed by atoms with Crippen LogP contribution in [0.4, 0.5) is 0 Å². The molecule has 1 saturated heterocycles. The molecular formula is C9H19NO2. The first kappa shape index (κ1) is 9.96. The van der Waals surface area contributed by atoms with E-state index in [1.165, 1.54) is 0 Å². The summed E-state index contributed by atoms with van der Waals surface area (Å²) in [5, 5.41) is 0. The number of ether oxygens (including phenoxy) is 2. The van der Waals surface area contributed by atoms with E-state index in [2.05, 4.69) is 25.9 Å². The van der Waals surface area contributed by atoms with Crippen molar-refractivity contribution >= 4 is 0 Å². The van der Waals surface area contributed by atoms with Crippen LogP contribution in [0.15, 0.2) is 0 Å². The molecule has 0 aromatic rings. The lowest BCUT2D eigenvalue weighted by atomic mass is 10.0. The zero-order chi connectivity index (χ0) is 9.14. The molecule has 1 rings (SSSR count). The lowest BCUT2D eigenvalue weighted by Gasteiger charge is -2.37. The topological polar surface area (TPSA) is 21.7 Å². The molecule has 0 unspecified atom stereocenters. The molecule has 3 heteroatoms. The normalized spacial score (nSPS) is 37.2. The maximum Gasteiger partial charge on any atom is 0.157 e. The van der Waals surface area contributed by atoms with Crippen molar-refractivity contribution in [3.63, 3.8) is 0 Å². The molecule has 0 spiro atoms. The Morgan fingerprint density at radius 2 is 2.00 bits per heavy atom. The van der Waals surface area contributed by atoms with E-state index in [1.54, 1.807) is 7.11 Å². The Kier molecular flexibility index (Phi) is 3.50. The second kappa shape index (κ2) is 4.21. The third-order valence-corrected chi connectivity index (χ3v) is 2.53. The van der Waals surface area contributed by atoms with Gasteiger partial charge in [0.15, 0.2) is 6.29 Å². The van der Waals surface area contributed by atoms with Crippen LogP contribution in [0.5, 0.6) is 0 Å². The predicted octanol–water partition coefficient (Wildman–Crippen LogP) is 1.09. The molecule has 0 aromatic heterocycles. The van der Waals surface area contributed by atoms with E-state index in [0.717, 1.165) is 12.8 Å². The summed E-state index contributed by atoms with van der Waals surface area (Å²) in [6.07, 6.45) is 2.45. The van der Waals surface area contributed by atoms with E-state index in [-0.39, 0.29) is 12.4 Å². The number of methoxy groups -OCH3 is 1. The van der Waals surface area contributed by atoms with Crippen molar-refractivity contribution in [2.75, 3.05) is 21.2 Å². The van der Waals surface area contributed by atoms with Gasteiger partial charge in [0.25, 0.3) is 0 Å². The molecule has 72 valence electrons. The molecule has 0 aromatic carbocycles. The van der Waals surface area contributed by atoms with Gasteiger partial charge in [-0.2, -0.15) is 0 Å². The molecule has 0 aliphatic carbocycles. The quantitative estimate of drug-likeness (QED) is 0.624. The van der Waals surface area contributed by atoms with Crippen LogP contribution in [-0.4, -0.2) is 44.5 Å². The molecule has 1 fully saturated rings. The SMILES string of the molecule is CO[C@@H]1CC[C@H](N(C)C)[C@H](C)O1. The van der Waals surface area contributed by atoms with Gasteiger partial charge in [-0.05, 0) is 33.9 Å². The Hall–Kier alpha value is -0.120. The molecule has 1 aliphatic heterocycles. The van der Waals surface area contributed by atoms with Gasteiger partial charge < -0.3 is 14.4 Å². The second-order valence-electron chi connectivity index (χ2n) is 3.61. The highest BCUT2D eigenvalue weighted by Gasteiger charge is 2.28. The summed E-state index contributed by atoms with van der Waals surface area (Å²) in [7, 11) is 5.89. The first-order valence-electron chi connectivity index (χ1n) is 4.50. The summed E-state index contributed by atoms with van der Waals surface area (Å²) in [6, 6.07) is 0.538. The van der Waals surface area contributed by atoms with Gasteiger partial charge in [0, 0.05) is 13.2 Å². The van der Waals surface area contributed by atoms with Crippen LogP contribution in [0.3, 0.4) is 0 Å². The molecule has 0 saturated carbocycles. The van der Waals surface area contributed by atoms with E-state index in [1.807, 2.05) is 0 Å². The number of hydrogen-bond donors (Lipinski definition) is 0. The number of hydrogen-bond acceptors (Lipinski definition) is 3. The van der Waals surface area contributed by atoms with Crippen LogP contribution in [0.25, 0.3) is 0 Å². The second-order valence-corrected chi connectivity index (χ2v) is 3.61. The fourth-order valence-corrected chi connectivity index (χ4v) is 1.79. The highest BCUT2D eigenvalue weighted by Crippen LogP contribution is 2.22. The van der Waals surface area contributed by atoms with E-state index < -0.39 is 0 Å². The summed E-state index contributed by atoms with van der Waals surface area (Å²) < 4.78 is 10.8. The number of nitrogens with zero attached hydrogens (tertiary/aromatic N) is 1. The van der Waals surface area contributed by atoms with E-state index in [4.69, 9.17) is 9.47 Å². The zero-order valence-electron chi connectivity index (χ0n) is 8.41. The largest absolute Gasteiger partial charge is 0.356 e. The molecule has 0 radical (unpaired) electrons. The Balaban J connectivity index is 2.42. The van der Waals surface area contributed by atoms with Gasteiger partial charge in [-0.3, -0.25) is 0 Å².